The predicted octanol–water partition coefficient (Wildman–Crippen LogP) is 1.84. The van der Waals surface area contributed by atoms with Crippen LogP contribution in [0.15, 0.2) is 29.4 Å². The molecule has 0 saturated carbocycles. The molecule has 0 aliphatic heterocycles. The van der Waals surface area contributed by atoms with Crippen molar-refractivity contribution in [1.29, 1.82) is 0 Å². The topological polar surface area (TPSA) is 79.8 Å². The quantitative estimate of drug-likeness (QED) is 0.349. The SMILES string of the molecule is CCCCNC(=O)C(=O)N/N=C\c1ccc(OC(C)C)cc1. The Bertz CT molecular complexity index is 510. The van der Waals surface area contributed by atoms with Crippen LogP contribution < -0.4 is 15.5 Å². The number of ether oxygens (including phenoxy) is 1. The maximum absolute atomic E-state index is 11.4. The number of hydrogen-bond donors (Lipinski definition) is 2. The maximum Gasteiger partial charge on any atom is 0.329 e. The summed E-state index contributed by atoms with van der Waals surface area (Å²) in [6.45, 7) is 6.41. The molecule has 0 aliphatic carbocycles. The van der Waals surface area contributed by atoms with Gasteiger partial charge in [0.25, 0.3) is 0 Å². The Morgan fingerprint density at radius 1 is 1.23 bits per heavy atom. The molecule has 0 bridgehead atoms. The average molecular weight is 305 g/mol. The van der Waals surface area contributed by atoms with E-state index in [-0.39, 0.29) is 6.10 Å². The number of benzene rings is 1. The van der Waals surface area contributed by atoms with Gasteiger partial charge >= 0.3 is 11.8 Å². The van der Waals surface area contributed by atoms with Gasteiger partial charge in [0.15, 0.2) is 0 Å². The summed E-state index contributed by atoms with van der Waals surface area (Å²) < 4.78 is 5.52. The molecule has 0 spiro atoms. The molecule has 0 aromatic heterocycles. The van der Waals surface area contributed by atoms with Gasteiger partial charge in [-0.25, -0.2) is 5.43 Å². The summed E-state index contributed by atoms with van der Waals surface area (Å²) in [5.74, 6) is -0.676. The zero-order valence-electron chi connectivity index (χ0n) is 13.3. The minimum atomic E-state index is -0.771. The molecule has 1 aromatic rings. The highest BCUT2D eigenvalue weighted by atomic mass is 16.5. The molecule has 120 valence electrons. The molecule has 22 heavy (non-hydrogen) atoms. The number of unbranched alkanes of at least 4 members (excludes halogenated alkanes) is 1. The van der Waals surface area contributed by atoms with Crippen molar-refractivity contribution in [2.24, 2.45) is 5.10 Å². The molecule has 1 rings (SSSR count). The number of amides is 2. The van der Waals surface area contributed by atoms with Crippen LogP contribution in [0.1, 0.15) is 39.2 Å². The van der Waals surface area contributed by atoms with Crippen molar-refractivity contribution in [3.8, 4) is 5.75 Å². The fourth-order valence-corrected chi connectivity index (χ4v) is 1.58. The molecule has 0 unspecified atom stereocenters. The fourth-order valence-electron chi connectivity index (χ4n) is 1.58. The number of carbonyl (C=O) groups is 2. The normalized spacial score (nSPS) is 10.7. The predicted molar refractivity (Wildman–Crippen MR) is 85.9 cm³/mol. The van der Waals surface area contributed by atoms with Crippen molar-refractivity contribution in [3.05, 3.63) is 29.8 Å². The van der Waals surface area contributed by atoms with Crippen molar-refractivity contribution >= 4 is 18.0 Å². The van der Waals surface area contributed by atoms with Gasteiger partial charge in [-0.15, -0.1) is 0 Å². The molecule has 2 N–H and O–H groups in total. The molecule has 1 aromatic carbocycles. The van der Waals surface area contributed by atoms with Crippen LogP contribution in [0.25, 0.3) is 0 Å². The van der Waals surface area contributed by atoms with Crippen molar-refractivity contribution in [1.82, 2.24) is 10.7 Å². The molecule has 0 fully saturated rings. The lowest BCUT2D eigenvalue weighted by Gasteiger charge is -2.09. The van der Waals surface area contributed by atoms with E-state index in [1.165, 1.54) is 6.21 Å². The third kappa shape index (κ3) is 6.88. The van der Waals surface area contributed by atoms with E-state index in [1.807, 2.05) is 45.0 Å². The van der Waals surface area contributed by atoms with Gasteiger partial charge in [-0.05, 0) is 50.1 Å². The van der Waals surface area contributed by atoms with Gasteiger partial charge in [0, 0.05) is 6.54 Å². The van der Waals surface area contributed by atoms with Crippen molar-refractivity contribution in [2.75, 3.05) is 6.54 Å². The zero-order valence-corrected chi connectivity index (χ0v) is 13.3. The number of nitrogens with zero attached hydrogens (tertiary/aromatic N) is 1. The van der Waals surface area contributed by atoms with Gasteiger partial charge < -0.3 is 10.1 Å². The highest BCUT2D eigenvalue weighted by Gasteiger charge is 2.10. The molecule has 0 radical (unpaired) electrons. The first-order chi connectivity index (χ1) is 10.5. The summed E-state index contributed by atoms with van der Waals surface area (Å²) in [6.07, 6.45) is 3.38. The highest BCUT2D eigenvalue weighted by Crippen LogP contribution is 2.12. The highest BCUT2D eigenvalue weighted by molar-refractivity contribution is 6.35. The Hall–Kier alpha value is -2.37. The molecule has 0 atom stereocenters. The van der Waals surface area contributed by atoms with Gasteiger partial charge in [0.2, 0.25) is 0 Å². The Labute approximate surface area is 130 Å². The first-order valence-corrected chi connectivity index (χ1v) is 7.41. The van der Waals surface area contributed by atoms with Crippen LogP contribution in [-0.2, 0) is 9.59 Å². The van der Waals surface area contributed by atoms with Crippen molar-refractivity contribution < 1.29 is 14.3 Å². The first-order valence-electron chi connectivity index (χ1n) is 7.41. The number of hydrogen-bond acceptors (Lipinski definition) is 4. The van der Waals surface area contributed by atoms with Crippen LogP contribution in [0.5, 0.6) is 5.75 Å². The third-order valence-electron chi connectivity index (χ3n) is 2.65. The van der Waals surface area contributed by atoms with E-state index in [0.717, 1.165) is 24.2 Å². The molecule has 0 aliphatic rings. The van der Waals surface area contributed by atoms with Gasteiger partial charge in [-0.3, -0.25) is 9.59 Å². The standard InChI is InChI=1S/C16H23N3O3/c1-4-5-10-17-15(20)16(21)19-18-11-13-6-8-14(9-7-13)22-12(2)3/h6-9,11-12H,4-5,10H2,1-3H3,(H,17,20)(H,19,21)/b18-11-. The number of hydrazone groups is 1. The fraction of sp³-hybridized carbons (Fsp3) is 0.438. The van der Waals surface area contributed by atoms with E-state index in [2.05, 4.69) is 15.8 Å². The molecule has 0 heterocycles. The summed E-state index contributed by atoms with van der Waals surface area (Å²) >= 11 is 0. The van der Waals surface area contributed by atoms with Crippen LogP contribution in [0.2, 0.25) is 0 Å². The second-order valence-corrected chi connectivity index (χ2v) is 5.04. The van der Waals surface area contributed by atoms with Crippen LogP contribution in [0.3, 0.4) is 0 Å². The lowest BCUT2D eigenvalue weighted by Crippen LogP contribution is -2.38. The molecule has 0 saturated heterocycles. The van der Waals surface area contributed by atoms with E-state index in [0.29, 0.717) is 6.54 Å². The van der Waals surface area contributed by atoms with Crippen LogP contribution in [0, 0.1) is 0 Å². The summed E-state index contributed by atoms with van der Waals surface area (Å²) in [5, 5.41) is 6.27. The summed E-state index contributed by atoms with van der Waals surface area (Å²) in [5.41, 5.74) is 2.99. The molecule has 6 nitrogen and oxygen atoms in total. The van der Waals surface area contributed by atoms with Crippen LogP contribution in [-0.4, -0.2) is 30.7 Å². The van der Waals surface area contributed by atoms with E-state index in [9.17, 15) is 9.59 Å². The van der Waals surface area contributed by atoms with E-state index < -0.39 is 11.8 Å². The Morgan fingerprint density at radius 3 is 2.50 bits per heavy atom. The van der Waals surface area contributed by atoms with Crippen LogP contribution in [0.4, 0.5) is 0 Å². The monoisotopic (exact) mass is 305 g/mol. The van der Waals surface area contributed by atoms with E-state index in [1.54, 1.807) is 0 Å². The van der Waals surface area contributed by atoms with E-state index in [4.69, 9.17) is 4.74 Å². The lowest BCUT2D eigenvalue weighted by molar-refractivity contribution is -0.139. The van der Waals surface area contributed by atoms with Crippen molar-refractivity contribution in [2.45, 2.75) is 39.7 Å². The summed E-state index contributed by atoms with van der Waals surface area (Å²) in [7, 11) is 0. The van der Waals surface area contributed by atoms with Gasteiger partial charge in [-0.1, -0.05) is 13.3 Å². The van der Waals surface area contributed by atoms with Gasteiger partial charge in [0.1, 0.15) is 5.75 Å². The zero-order chi connectivity index (χ0) is 16.4. The van der Waals surface area contributed by atoms with E-state index >= 15 is 0 Å². The Balaban J connectivity index is 2.41. The summed E-state index contributed by atoms with van der Waals surface area (Å²) in [6, 6.07) is 7.27. The van der Waals surface area contributed by atoms with Gasteiger partial charge in [-0.2, -0.15) is 5.10 Å². The number of rotatable bonds is 7. The smallest absolute Gasteiger partial charge is 0.329 e. The molecular formula is C16H23N3O3. The lowest BCUT2D eigenvalue weighted by atomic mass is 10.2. The maximum atomic E-state index is 11.4. The second kappa shape index (κ2) is 9.55. The second-order valence-electron chi connectivity index (χ2n) is 5.04. The molecule has 6 heteroatoms. The minimum Gasteiger partial charge on any atom is -0.491 e. The molecular weight excluding hydrogens is 282 g/mol. The number of nitrogens with one attached hydrogen (secondary N) is 2. The minimum absolute atomic E-state index is 0.116. The Morgan fingerprint density at radius 2 is 1.91 bits per heavy atom. The van der Waals surface area contributed by atoms with Gasteiger partial charge in [0.05, 0.1) is 12.3 Å². The first kappa shape index (κ1) is 17.7. The molecule has 2 amide bonds. The largest absolute Gasteiger partial charge is 0.491 e. The Kier molecular flexibility index (Phi) is 7.67. The summed E-state index contributed by atoms with van der Waals surface area (Å²) in [4.78, 5) is 22.8. The number of carbonyl (C=O) groups excluding carboxylic acids is 2. The third-order valence-corrected chi connectivity index (χ3v) is 2.65. The van der Waals surface area contributed by atoms with Crippen molar-refractivity contribution in [3.63, 3.8) is 0 Å². The van der Waals surface area contributed by atoms with Crippen LogP contribution >= 0.6 is 0 Å². The average Bonchev–Trinajstić information content (AvgIpc) is 2.48.